The summed E-state index contributed by atoms with van der Waals surface area (Å²) in [6, 6.07) is 3.91. The van der Waals surface area contributed by atoms with Gasteiger partial charge in [-0.1, -0.05) is 6.07 Å². The number of halogens is 1. The van der Waals surface area contributed by atoms with Gasteiger partial charge in [-0.05, 0) is 12.1 Å². The second kappa shape index (κ2) is 4.92. The minimum atomic E-state index is -0.849. The fourth-order valence-electron chi connectivity index (χ4n) is 0.945. The highest BCUT2D eigenvalue weighted by Gasteiger charge is 2.19. The molecule has 0 amide bonds. The Morgan fingerprint density at radius 2 is 2.29 bits per heavy atom. The van der Waals surface area contributed by atoms with Crippen molar-refractivity contribution in [1.82, 2.24) is 0 Å². The fourth-order valence-corrected chi connectivity index (χ4v) is 1.74. The topological polar surface area (TPSA) is 63.4 Å². The van der Waals surface area contributed by atoms with Crippen molar-refractivity contribution in [1.29, 1.82) is 0 Å². The summed E-state index contributed by atoms with van der Waals surface area (Å²) in [5.41, 5.74) is -0.522. The molecule has 0 bridgehead atoms. The van der Waals surface area contributed by atoms with Crippen molar-refractivity contribution < 1.29 is 14.4 Å². The average Bonchev–Trinajstić information content (AvgIpc) is 2.14. The molecule has 4 nitrogen and oxygen atoms in total. The highest BCUT2D eigenvalue weighted by molar-refractivity contribution is 7.99. The van der Waals surface area contributed by atoms with Crippen LogP contribution in [0.25, 0.3) is 0 Å². The maximum Gasteiger partial charge on any atom is 0.318 e. The molecule has 0 heterocycles. The van der Waals surface area contributed by atoms with E-state index in [0.717, 1.165) is 17.8 Å². The van der Waals surface area contributed by atoms with Crippen molar-refractivity contribution >= 4 is 17.4 Å². The van der Waals surface area contributed by atoms with Crippen LogP contribution < -0.4 is 0 Å². The van der Waals surface area contributed by atoms with Crippen molar-refractivity contribution in [3.8, 4) is 0 Å². The van der Waals surface area contributed by atoms with Crippen LogP contribution in [0.2, 0.25) is 0 Å². The zero-order valence-corrected chi connectivity index (χ0v) is 7.96. The van der Waals surface area contributed by atoms with E-state index in [-0.39, 0.29) is 11.5 Å². The summed E-state index contributed by atoms with van der Waals surface area (Å²) in [7, 11) is 0. The Bertz CT molecular complexity index is 345. The summed E-state index contributed by atoms with van der Waals surface area (Å²) < 4.78 is 13.0. The standard InChI is InChI=1S/C8H8FNO3S/c9-6-2-1-3-7(14-5-4-11)8(6)10(12)13/h1-3,11H,4-5H2. The molecule has 0 atom stereocenters. The van der Waals surface area contributed by atoms with Crippen LogP contribution in [0, 0.1) is 15.9 Å². The molecule has 0 fully saturated rings. The van der Waals surface area contributed by atoms with Gasteiger partial charge in [0.25, 0.3) is 0 Å². The Balaban J connectivity index is 3.02. The third kappa shape index (κ3) is 2.43. The van der Waals surface area contributed by atoms with Gasteiger partial charge in [0.05, 0.1) is 16.4 Å². The summed E-state index contributed by atoms with van der Waals surface area (Å²) in [6.45, 7) is -0.0989. The van der Waals surface area contributed by atoms with Gasteiger partial charge in [0.2, 0.25) is 5.82 Å². The predicted molar refractivity (Wildman–Crippen MR) is 50.9 cm³/mol. The van der Waals surface area contributed by atoms with Crippen molar-refractivity contribution in [2.75, 3.05) is 12.4 Å². The molecule has 1 N–H and O–H groups in total. The van der Waals surface area contributed by atoms with Crippen molar-refractivity contribution in [2.45, 2.75) is 4.90 Å². The van der Waals surface area contributed by atoms with Gasteiger partial charge in [-0.15, -0.1) is 11.8 Å². The molecule has 0 radical (unpaired) electrons. The summed E-state index contributed by atoms with van der Waals surface area (Å²) in [6.07, 6.45) is 0. The zero-order valence-electron chi connectivity index (χ0n) is 7.14. The van der Waals surface area contributed by atoms with Crippen LogP contribution in [0.4, 0.5) is 10.1 Å². The smallest absolute Gasteiger partial charge is 0.318 e. The number of hydrogen-bond donors (Lipinski definition) is 1. The number of nitro benzene ring substituents is 1. The van der Waals surface area contributed by atoms with Gasteiger partial charge in [0, 0.05) is 5.75 Å². The van der Waals surface area contributed by atoms with Crippen LogP contribution in [-0.2, 0) is 0 Å². The quantitative estimate of drug-likeness (QED) is 0.474. The average molecular weight is 217 g/mol. The number of nitro groups is 1. The van der Waals surface area contributed by atoms with Gasteiger partial charge in [-0.25, -0.2) is 0 Å². The van der Waals surface area contributed by atoms with Gasteiger partial charge in [-0.2, -0.15) is 4.39 Å². The number of benzene rings is 1. The molecule has 0 aromatic heterocycles. The molecule has 1 aromatic rings. The van der Waals surface area contributed by atoms with Gasteiger partial charge >= 0.3 is 5.69 Å². The Labute approximate surface area is 83.9 Å². The Kier molecular flexibility index (Phi) is 3.84. The van der Waals surface area contributed by atoms with E-state index in [9.17, 15) is 14.5 Å². The number of aliphatic hydroxyl groups is 1. The molecule has 0 aliphatic carbocycles. The third-order valence-corrected chi connectivity index (χ3v) is 2.51. The van der Waals surface area contributed by atoms with Crippen LogP contribution in [0.5, 0.6) is 0 Å². The van der Waals surface area contributed by atoms with Crippen molar-refractivity contribution in [3.05, 3.63) is 34.1 Å². The first-order valence-electron chi connectivity index (χ1n) is 3.83. The lowest BCUT2D eigenvalue weighted by atomic mass is 10.3. The minimum absolute atomic E-state index is 0.0989. The lowest BCUT2D eigenvalue weighted by molar-refractivity contribution is -0.390. The molecule has 76 valence electrons. The number of hydrogen-bond acceptors (Lipinski definition) is 4. The minimum Gasteiger partial charge on any atom is -0.396 e. The second-order valence-electron chi connectivity index (χ2n) is 2.42. The number of rotatable bonds is 4. The maximum absolute atomic E-state index is 13.0. The highest BCUT2D eigenvalue weighted by Crippen LogP contribution is 2.30. The number of para-hydroxylation sites is 1. The van der Waals surface area contributed by atoms with E-state index in [1.165, 1.54) is 12.1 Å². The summed E-state index contributed by atoms with van der Waals surface area (Å²) in [5.74, 6) is -0.539. The van der Waals surface area contributed by atoms with Crippen LogP contribution in [0.15, 0.2) is 23.1 Å². The molecule has 14 heavy (non-hydrogen) atoms. The number of aliphatic hydroxyl groups excluding tert-OH is 1. The van der Waals surface area contributed by atoms with E-state index >= 15 is 0 Å². The molecular weight excluding hydrogens is 209 g/mol. The summed E-state index contributed by atoms with van der Waals surface area (Å²) >= 11 is 1.06. The van der Waals surface area contributed by atoms with Gasteiger partial charge in [0.15, 0.2) is 0 Å². The Morgan fingerprint density at radius 3 is 2.86 bits per heavy atom. The van der Waals surface area contributed by atoms with Gasteiger partial charge in [-0.3, -0.25) is 10.1 Å². The molecule has 0 aliphatic rings. The first-order chi connectivity index (χ1) is 6.66. The SMILES string of the molecule is O=[N+]([O-])c1c(F)cccc1SCCO. The monoisotopic (exact) mass is 217 g/mol. The largest absolute Gasteiger partial charge is 0.396 e. The predicted octanol–water partition coefficient (Wildman–Crippen LogP) is 1.82. The summed E-state index contributed by atoms with van der Waals surface area (Å²) in [4.78, 5) is 9.98. The van der Waals surface area contributed by atoms with Crippen molar-refractivity contribution in [2.24, 2.45) is 0 Å². The Morgan fingerprint density at radius 1 is 1.57 bits per heavy atom. The molecule has 0 saturated carbocycles. The van der Waals surface area contributed by atoms with E-state index in [1.807, 2.05) is 0 Å². The normalized spacial score (nSPS) is 10.1. The maximum atomic E-state index is 13.0. The van der Waals surface area contributed by atoms with E-state index in [0.29, 0.717) is 5.75 Å². The number of nitrogens with zero attached hydrogens (tertiary/aromatic N) is 1. The molecular formula is C8H8FNO3S. The molecule has 1 rings (SSSR count). The molecule has 0 unspecified atom stereocenters. The lowest BCUT2D eigenvalue weighted by Gasteiger charge is -2.01. The summed E-state index contributed by atoms with van der Waals surface area (Å²) in [5, 5.41) is 19.0. The molecule has 0 aliphatic heterocycles. The molecule has 0 saturated heterocycles. The lowest BCUT2D eigenvalue weighted by Crippen LogP contribution is -1.96. The zero-order chi connectivity index (χ0) is 10.6. The van der Waals surface area contributed by atoms with E-state index in [4.69, 9.17) is 5.11 Å². The van der Waals surface area contributed by atoms with Crippen molar-refractivity contribution in [3.63, 3.8) is 0 Å². The van der Waals surface area contributed by atoms with Crippen LogP contribution in [0.1, 0.15) is 0 Å². The third-order valence-electron chi connectivity index (χ3n) is 1.48. The van der Waals surface area contributed by atoms with Crippen LogP contribution >= 0.6 is 11.8 Å². The molecule has 0 spiro atoms. The van der Waals surface area contributed by atoms with E-state index < -0.39 is 16.4 Å². The highest BCUT2D eigenvalue weighted by atomic mass is 32.2. The Hall–Kier alpha value is -1.14. The number of thioether (sulfide) groups is 1. The van der Waals surface area contributed by atoms with Crippen LogP contribution in [0.3, 0.4) is 0 Å². The van der Waals surface area contributed by atoms with Gasteiger partial charge < -0.3 is 5.11 Å². The second-order valence-corrected chi connectivity index (χ2v) is 3.55. The first-order valence-corrected chi connectivity index (χ1v) is 4.82. The van der Waals surface area contributed by atoms with Crippen LogP contribution in [-0.4, -0.2) is 22.4 Å². The van der Waals surface area contributed by atoms with E-state index in [1.54, 1.807) is 0 Å². The fraction of sp³-hybridized carbons (Fsp3) is 0.250. The molecule has 1 aromatic carbocycles. The first kappa shape index (κ1) is 10.9. The van der Waals surface area contributed by atoms with E-state index in [2.05, 4.69) is 0 Å². The van der Waals surface area contributed by atoms with Gasteiger partial charge in [0.1, 0.15) is 0 Å². The molecule has 6 heteroatoms.